The van der Waals surface area contributed by atoms with Gasteiger partial charge in [-0.05, 0) is 75.0 Å². The largest absolute Gasteiger partial charge is 0.459 e. The van der Waals surface area contributed by atoms with Crippen molar-refractivity contribution in [3.8, 4) is 0 Å². The molecule has 146 valence electrons. The highest BCUT2D eigenvalue weighted by molar-refractivity contribution is 5.81. The van der Waals surface area contributed by atoms with E-state index in [1.54, 1.807) is 0 Å². The molecule has 6 unspecified atom stereocenters. The van der Waals surface area contributed by atoms with Crippen LogP contribution in [-0.4, -0.2) is 24.1 Å². The molecular weight excluding hydrogens is 328 g/mol. The van der Waals surface area contributed by atoms with Crippen LogP contribution in [0.1, 0.15) is 65.2 Å². The van der Waals surface area contributed by atoms with E-state index in [-0.39, 0.29) is 24.1 Å². The van der Waals surface area contributed by atoms with Crippen LogP contribution < -0.4 is 0 Å². The predicted molar refractivity (Wildman–Crippen MR) is 102 cm³/mol. The standard InChI is InChI=1S/C22H34O4/c1-5-15-13-17(9-11-19(15)25-21(23)7-3)18-10-12-20(16(6-2)14-18)26-22(24)8-4/h7-8,15-20H,3-6,9-14H2,1-2H3. The second-order valence-corrected chi connectivity index (χ2v) is 7.84. The molecule has 0 radical (unpaired) electrons. The Balaban J connectivity index is 1.93. The maximum absolute atomic E-state index is 11.6. The number of esters is 2. The van der Waals surface area contributed by atoms with E-state index < -0.39 is 0 Å². The highest BCUT2D eigenvalue weighted by atomic mass is 16.5. The van der Waals surface area contributed by atoms with E-state index >= 15 is 0 Å². The second kappa shape index (κ2) is 9.94. The van der Waals surface area contributed by atoms with E-state index in [9.17, 15) is 9.59 Å². The number of carbonyl (C=O) groups is 2. The Labute approximate surface area is 158 Å². The van der Waals surface area contributed by atoms with Gasteiger partial charge >= 0.3 is 11.9 Å². The molecule has 0 N–H and O–H groups in total. The summed E-state index contributed by atoms with van der Waals surface area (Å²) in [5, 5.41) is 0. The van der Waals surface area contributed by atoms with Crippen molar-refractivity contribution in [2.24, 2.45) is 23.7 Å². The van der Waals surface area contributed by atoms with E-state index in [0.29, 0.717) is 23.7 Å². The van der Waals surface area contributed by atoms with Crippen molar-refractivity contribution in [3.05, 3.63) is 25.3 Å². The zero-order valence-electron chi connectivity index (χ0n) is 16.3. The molecule has 0 saturated heterocycles. The lowest BCUT2D eigenvalue weighted by Crippen LogP contribution is -2.39. The molecule has 0 bridgehead atoms. The Morgan fingerprint density at radius 1 is 0.808 bits per heavy atom. The zero-order chi connectivity index (χ0) is 19.1. The Kier molecular flexibility index (Phi) is 7.92. The molecule has 2 saturated carbocycles. The molecule has 4 nitrogen and oxygen atoms in total. The predicted octanol–water partition coefficient (Wildman–Crippen LogP) is 4.83. The third kappa shape index (κ3) is 5.21. The molecule has 0 heterocycles. The molecule has 2 fully saturated rings. The number of hydrogen-bond acceptors (Lipinski definition) is 4. The first kappa shape index (κ1) is 20.7. The number of hydrogen-bond donors (Lipinski definition) is 0. The van der Waals surface area contributed by atoms with E-state index in [4.69, 9.17) is 9.47 Å². The van der Waals surface area contributed by atoms with Gasteiger partial charge < -0.3 is 9.47 Å². The fourth-order valence-corrected chi connectivity index (χ4v) is 4.97. The molecule has 0 aromatic carbocycles. The summed E-state index contributed by atoms with van der Waals surface area (Å²) >= 11 is 0. The Hall–Kier alpha value is -1.58. The molecule has 2 rings (SSSR count). The van der Waals surface area contributed by atoms with Crippen molar-refractivity contribution in [2.75, 3.05) is 0 Å². The lowest BCUT2D eigenvalue weighted by molar-refractivity contribution is -0.152. The van der Waals surface area contributed by atoms with E-state index in [1.807, 2.05) is 0 Å². The maximum atomic E-state index is 11.6. The number of rotatable bonds is 7. The zero-order valence-corrected chi connectivity index (χ0v) is 16.3. The van der Waals surface area contributed by atoms with Crippen molar-refractivity contribution in [3.63, 3.8) is 0 Å². The Morgan fingerprint density at radius 2 is 1.19 bits per heavy atom. The van der Waals surface area contributed by atoms with Gasteiger partial charge in [0.25, 0.3) is 0 Å². The van der Waals surface area contributed by atoms with Crippen LogP contribution in [0.15, 0.2) is 25.3 Å². The Bertz CT molecular complexity index is 466. The number of carbonyl (C=O) groups excluding carboxylic acids is 2. The fourth-order valence-electron chi connectivity index (χ4n) is 4.97. The van der Waals surface area contributed by atoms with Crippen LogP contribution in [0.2, 0.25) is 0 Å². The first-order valence-electron chi connectivity index (χ1n) is 10.2. The van der Waals surface area contributed by atoms with Gasteiger partial charge in [0.05, 0.1) is 0 Å². The summed E-state index contributed by atoms with van der Waals surface area (Å²) in [5.41, 5.74) is 0. The van der Waals surface area contributed by atoms with E-state index in [0.717, 1.165) is 51.4 Å². The maximum Gasteiger partial charge on any atom is 0.330 e. The van der Waals surface area contributed by atoms with Gasteiger partial charge in [-0.15, -0.1) is 0 Å². The lowest BCUT2D eigenvalue weighted by atomic mass is 9.66. The molecule has 0 aromatic rings. The first-order chi connectivity index (χ1) is 12.5. The average molecular weight is 363 g/mol. The third-order valence-corrected chi connectivity index (χ3v) is 6.49. The quantitative estimate of drug-likeness (QED) is 0.480. The summed E-state index contributed by atoms with van der Waals surface area (Å²) in [6, 6.07) is 0. The SMILES string of the molecule is C=CC(=O)OC1CCC(C2CCC(OC(=O)C=C)C(CC)C2)CC1CC. The highest BCUT2D eigenvalue weighted by Gasteiger charge is 2.39. The van der Waals surface area contributed by atoms with Crippen molar-refractivity contribution in [1.82, 2.24) is 0 Å². The minimum absolute atomic E-state index is 0.0357. The summed E-state index contributed by atoms with van der Waals surface area (Å²) in [6.45, 7) is 11.4. The molecular formula is C22H34O4. The topological polar surface area (TPSA) is 52.6 Å². The van der Waals surface area contributed by atoms with Crippen molar-refractivity contribution in [1.29, 1.82) is 0 Å². The molecule has 2 aliphatic carbocycles. The third-order valence-electron chi connectivity index (χ3n) is 6.49. The van der Waals surface area contributed by atoms with Gasteiger partial charge in [0.15, 0.2) is 0 Å². The monoisotopic (exact) mass is 362 g/mol. The van der Waals surface area contributed by atoms with Crippen molar-refractivity contribution in [2.45, 2.75) is 77.4 Å². The van der Waals surface area contributed by atoms with Crippen molar-refractivity contribution < 1.29 is 19.1 Å². The molecule has 2 aliphatic rings. The minimum atomic E-state index is -0.303. The summed E-state index contributed by atoms with van der Waals surface area (Å²) in [7, 11) is 0. The van der Waals surface area contributed by atoms with E-state index in [1.165, 1.54) is 12.2 Å². The molecule has 0 spiro atoms. The smallest absolute Gasteiger partial charge is 0.330 e. The van der Waals surface area contributed by atoms with Crippen LogP contribution in [0.4, 0.5) is 0 Å². The van der Waals surface area contributed by atoms with Gasteiger partial charge in [0.1, 0.15) is 12.2 Å². The molecule has 6 atom stereocenters. The van der Waals surface area contributed by atoms with Crippen LogP contribution >= 0.6 is 0 Å². The van der Waals surface area contributed by atoms with Gasteiger partial charge in [-0.25, -0.2) is 9.59 Å². The van der Waals surface area contributed by atoms with Crippen LogP contribution in [-0.2, 0) is 19.1 Å². The van der Waals surface area contributed by atoms with Crippen LogP contribution in [0.3, 0.4) is 0 Å². The fraction of sp³-hybridized carbons (Fsp3) is 0.727. The summed E-state index contributed by atoms with van der Waals surface area (Å²) in [4.78, 5) is 23.1. The lowest BCUT2D eigenvalue weighted by Gasteiger charge is -2.43. The highest BCUT2D eigenvalue weighted by Crippen LogP contribution is 2.44. The molecule has 4 heteroatoms. The second-order valence-electron chi connectivity index (χ2n) is 7.84. The first-order valence-corrected chi connectivity index (χ1v) is 10.2. The van der Waals surface area contributed by atoms with Gasteiger partial charge in [0.2, 0.25) is 0 Å². The molecule has 0 aromatic heterocycles. The van der Waals surface area contributed by atoms with Crippen LogP contribution in [0, 0.1) is 23.7 Å². The van der Waals surface area contributed by atoms with Gasteiger partial charge in [-0.3, -0.25) is 0 Å². The van der Waals surface area contributed by atoms with Gasteiger partial charge in [-0.2, -0.15) is 0 Å². The van der Waals surface area contributed by atoms with E-state index in [2.05, 4.69) is 27.0 Å². The summed E-state index contributed by atoms with van der Waals surface area (Å²) < 4.78 is 11.1. The van der Waals surface area contributed by atoms with Gasteiger partial charge in [-0.1, -0.05) is 27.0 Å². The number of ether oxygens (including phenoxy) is 2. The normalized spacial score (nSPS) is 34.5. The molecule has 0 amide bonds. The van der Waals surface area contributed by atoms with Crippen molar-refractivity contribution >= 4 is 11.9 Å². The summed E-state index contributed by atoms with van der Waals surface area (Å²) in [6.07, 6.45) is 11.1. The average Bonchev–Trinajstić information content (AvgIpc) is 2.68. The summed E-state index contributed by atoms with van der Waals surface area (Å²) in [5.74, 6) is 1.64. The molecule has 0 aliphatic heterocycles. The molecule has 26 heavy (non-hydrogen) atoms. The van der Waals surface area contributed by atoms with Crippen LogP contribution in [0.25, 0.3) is 0 Å². The minimum Gasteiger partial charge on any atom is -0.459 e. The Morgan fingerprint density at radius 3 is 1.50 bits per heavy atom. The van der Waals surface area contributed by atoms with Crippen LogP contribution in [0.5, 0.6) is 0 Å². The van der Waals surface area contributed by atoms with Gasteiger partial charge in [0, 0.05) is 12.2 Å².